The van der Waals surface area contributed by atoms with Crippen molar-refractivity contribution in [2.75, 3.05) is 12.4 Å². The van der Waals surface area contributed by atoms with E-state index in [0.29, 0.717) is 11.6 Å². The van der Waals surface area contributed by atoms with Crippen LogP contribution in [-0.2, 0) is 9.53 Å². The first kappa shape index (κ1) is 14.8. The molecule has 1 fully saturated rings. The Morgan fingerprint density at radius 2 is 1.92 bits per heavy atom. The van der Waals surface area contributed by atoms with Gasteiger partial charge in [0, 0.05) is 5.56 Å². The monoisotopic (exact) mass is 322 g/mol. The molecule has 0 unspecified atom stereocenters. The van der Waals surface area contributed by atoms with Crippen LogP contribution in [0.4, 0.5) is 11.4 Å². The summed E-state index contributed by atoms with van der Waals surface area (Å²) in [4.78, 5) is 17.4. The number of aryl methyl sites for hydroxylation is 2. The Labute approximate surface area is 140 Å². The van der Waals surface area contributed by atoms with E-state index in [-0.39, 0.29) is 5.78 Å². The van der Waals surface area contributed by atoms with Crippen molar-refractivity contribution in [3.8, 4) is 5.75 Å². The van der Waals surface area contributed by atoms with Crippen molar-refractivity contribution in [1.29, 1.82) is 0 Å². The Kier molecular flexibility index (Phi) is 3.30. The predicted molar refractivity (Wildman–Crippen MR) is 92.2 cm³/mol. The lowest BCUT2D eigenvalue weighted by molar-refractivity contribution is -0.122. The van der Waals surface area contributed by atoms with Gasteiger partial charge in [0.15, 0.2) is 12.1 Å². The van der Waals surface area contributed by atoms with Crippen LogP contribution in [0.3, 0.4) is 0 Å². The van der Waals surface area contributed by atoms with E-state index >= 15 is 0 Å². The minimum absolute atomic E-state index is 0.0536. The summed E-state index contributed by atoms with van der Waals surface area (Å²) in [5.41, 5.74) is 4.71. The number of methoxy groups -OCH3 is 1. The van der Waals surface area contributed by atoms with Crippen LogP contribution in [-0.4, -0.2) is 24.8 Å². The second-order valence-electron chi connectivity index (χ2n) is 6.12. The molecular weight excluding hydrogens is 304 g/mol. The molecule has 2 heterocycles. The third-order valence-electron chi connectivity index (χ3n) is 4.59. The Balaban J connectivity index is 1.73. The van der Waals surface area contributed by atoms with Gasteiger partial charge in [-0.05, 0) is 43.2 Å². The number of benzene rings is 2. The van der Waals surface area contributed by atoms with Gasteiger partial charge in [-0.1, -0.05) is 18.2 Å². The van der Waals surface area contributed by atoms with Crippen LogP contribution in [0, 0.1) is 13.8 Å². The molecule has 0 aliphatic carbocycles. The van der Waals surface area contributed by atoms with Gasteiger partial charge in [-0.2, -0.15) is 0 Å². The second kappa shape index (κ2) is 5.37. The first-order chi connectivity index (χ1) is 11.6. The number of Topliss-reactive ketones (excluding diaryl/α,β-unsaturated/α-hetero) is 1. The first-order valence-electron chi connectivity index (χ1n) is 7.88. The summed E-state index contributed by atoms with van der Waals surface area (Å²) >= 11 is 0. The number of hydrogen-bond acceptors (Lipinski definition) is 5. The average Bonchev–Trinajstić information content (AvgIpc) is 2.90. The van der Waals surface area contributed by atoms with Gasteiger partial charge in [-0.3, -0.25) is 4.79 Å². The molecule has 2 aromatic carbocycles. The summed E-state index contributed by atoms with van der Waals surface area (Å²) in [7, 11) is 1.59. The Bertz CT molecular complexity index is 873. The van der Waals surface area contributed by atoms with Gasteiger partial charge in [-0.25, -0.2) is 4.99 Å². The molecule has 2 aliphatic rings. The molecular formula is C19H18N2O3. The average molecular weight is 322 g/mol. The Hall–Kier alpha value is -2.82. The van der Waals surface area contributed by atoms with E-state index in [1.165, 1.54) is 0 Å². The third kappa shape index (κ3) is 2.16. The number of carbonyl (C=O) groups is 1. The summed E-state index contributed by atoms with van der Waals surface area (Å²) in [6.07, 6.45) is -0.700. The maximum atomic E-state index is 12.8. The van der Waals surface area contributed by atoms with Crippen LogP contribution in [0.25, 0.3) is 0 Å². The van der Waals surface area contributed by atoms with E-state index in [1.54, 1.807) is 7.11 Å². The number of nitrogens with zero attached hydrogens (tertiary/aromatic N) is 1. The lowest BCUT2D eigenvalue weighted by Crippen LogP contribution is -2.34. The number of carbonyl (C=O) groups excluding carboxylic acids is 1. The van der Waals surface area contributed by atoms with Crippen molar-refractivity contribution in [3.63, 3.8) is 0 Å². The van der Waals surface area contributed by atoms with Crippen molar-refractivity contribution in [2.24, 2.45) is 4.99 Å². The quantitative estimate of drug-likeness (QED) is 0.919. The Morgan fingerprint density at radius 1 is 1.17 bits per heavy atom. The number of anilines is 1. The second-order valence-corrected chi connectivity index (χ2v) is 6.12. The van der Waals surface area contributed by atoms with E-state index in [2.05, 4.69) is 10.3 Å². The number of ketones is 1. The molecule has 24 heavy (non-hydrogen) atoms. The topological polar surface area (TPSA) is 59.9 Å². The SMILES string of the molecule is COc1ccccc1[C@H]1OC2=Nc3cc(C)c(C)cc3N[C@H]2C1=O. The molecule has 1 saturated heterocycles. The molecule has 2 atom stereocenters. The smallest absolute Gasteiger partial charge is 0.220 e. The number of fused-ring (bicyclic) bond motifs is 2. The standard InChI is InChI=1S/C19H18N2O3/c1-10-8-13-14(9-11(10)2)21-19-16(20-13)17(22)18(24-19)12-6-4-5-7-15(12)23-3/h4-9,16,18,20H,1-3H3/t16-,18+/m0/s1. The molecule has 1 N–H and O–H groups in total. The van der Waals surface area contributed by atoms with E-state index in [4.69, 9.17) is 9.47 Å². The molecule has 0 amide bonds. The number of ether oxygens (including phenoxy) is 2. The number of nitrogens with one attached hydrogen (secondary N) is 1. The van der Waals surface area contributed by atoms with Crippen molar-refractivity contribution >= 4 is 23.1 Å². The van der Waals surface area contributed by atoms with Crippen LogP contribution < -0.4 is 10.1 Å². The van der Waals surface area contributed by atoms with Gasteiger partial charge in [0.25, 0.3) is 0 Å². The van der Waals surface area contributed by atoms with E-state index in [1.807, 2.05) is 50.2 Å². The molecule has 0 saturated carbocycles. The molecule has 2 aliphatic heterocycles. The van der Waals surface area contributed by atoms with Gasteiger partial charge >= 0.3 is 0 Å². The summed E-state index contributed by atoms with van der Waals surface area (Å²) in [5, 5.41) is 3.27. The predicted octanol–water partition coefficient (Wildman–Crippen LogP) is 3.48. The zero-order valence-electron chi connectivity index (χ0n) is 13.8. The highest BCUT2D eigenvalue weighted by Crippen LogP contribution is 2.40. The van der Waals surface area contributed by atoms with E-state index < -0.39 is 12.1 Å². The Morgan fingerprint density at radius 3 is 2.71 bits per heavy atom. The number of para-hydroxylation sites is 1. The summed E-state index contributed by atoms with van der Waals surface area (Å²) in [5.74, 6) is 1.01. The lowest BCUT2D eigenvalue weighted by Gasteiger charge is -2.20. The van der Waals surface area contributed by atoms with Crippen molar-refractivity contribution < 1.29 is 14.3 Å². The van der Waals surface area contributed by atoms with Crippen LogP contribution in [0.5, 0.6) is 5.75 Å². The van der Waals surface area contributed by atoms with Gasteiger partial charge < -0.3 is 14.8 Å². The summed E-state index contributed by atoms with van der Waals surface area (Å²) < 4.78 is 11.3. The van der Waals surface area contributed by atoms with Gasteiger partial charge in [0.1, 0.15) is 5.75 Å². The minimum Gasteiger partial charge on any atom is -0.496 e. The largest absolute Gasteiger partial charge is 0.496 e. The van der Waals surface area contributed by atoms with Crippen LogP contribution >= 0.6 is 0 Å². The number of hydrogen-bond donors (Lipinski definition) is 1. The highest BCUT2D eigenvalue weighted by atomic mass is 16.5. The van der Waals surface area contributed by atoms with Gasteiger partial charge in [0.05, 0.1) is 18.5 Å². The maximum absolute atomic E-state index is 12.8. The molecule has 0 spiro atoms. The highest BCUT2D eigenvalue weighted by Gasteiger charge is 2.45. The van der Waals surface area contributed by atoms with Gasteiger partial charge in [-0.15, -0.1) is 0 Å². The molecule has 0 bridgehead atoms. The molecule has 5 nitrogen and oxygen atoms in total. The fraction of sp³-hybridized carbons (Fsp3) is 0.263. The molecule has 2 aromatic rings. The van der Waals surface area contributed by atoms with Crippen molar-refractivity contribution in [2.45, 2.75) is 26.0 Å². The molecule has 122 valence electrons. The summed E-state index contributed by atoms with van der Waals surface area (Å²) in [6, 6.07) is 10.9. The summed E-state index contributed by atoms with van der Waals surface area (Å²) in [6.45, 7) is 4.08. The van der Waals surface area contributed by atoms with Crippen LogP contribution in [0.2, 0.25) is 0 Å². The van der Waals surface area contributed by atoms with Crippen LogP contribution in [0.15, 0.2) is 41.4 Å². The first-order valence-corrected chi connectivity index (χ1v) is 7.88. The molecule has 4 rings (SSSR count). The molecule has 5 heteroatoms. The zero-order valence-corrected chi connectivity index (χ0v) is 13.8. The normalized spacial score (nSPS) is 21.3. The van der Waals surface area contributed by atoms with E-state index in [0.717, 1.165) is 28.1 Å². The lowest BCUT2D eigenvalue weighted by atomic mass is 10.0. The minimum atomic E-state index is -0.700. The van der Waals surface area contributed by atoms with Gasteiger partial charge in [0.2, 0.25) is 11.7 Å². The third-order valence-corrected chi connectivity index (χ3v) is 4.59. The highest BCUT2D eigenvalue weighted by molar-refractivity contribution is 6.17. The number of rotatable bonds is 2. The molecule has 0 radical (unpaired) electrons. The fourth-order valence-electron chi connectivity index (χ4n) is 3.13. The van der Waals surface area contributed by atoms with Crippen molar-refractivity contribution in [3.05, 3.63) is 53.1 Å². The number of aliphatic imine (C=N–C) groups is 1. The maximum Gasteiger partial charge on any atom is 0.220 e. The van der Waals surface area contributed by atoms with Crippen LogP contribution in [0.1, 0.15) is 22.8 Å². The van der Waals surface area contributed by atoms with Crippen molar-refractivity contribution in [1.82, 2.24) is 0 Å². The van der Waals surface area contributed by atoms with E-state index in [9.17, 15) is 4.79 Å². The zero-order chi connectivity index (χ0) is 16.8. The fourth-order valence-corrected chi connectivity index (χ4v) is 3.13. The molecule has 0 aromatic heterocycles.